The van der Waals surface area contributed by atoms with Crippen molar-refractivity contribution in [3.63, 3.8) is 0 Å². The quantitative estimate of drug-likeness (QED) is 0.520. The summed E-state index contributed by atoms with van der Waals surface area (Å²) in [5, 5.41) is 36.4. The lowest BCUT2D eigenvalue weighted by molar-refractivity contribution is 0.378. The SMILES string of the molecule is Cc1ccc(-c2[nH]nc3c2[C@H](c2ccc(O)c(O)c2)C(C#N)=C(N)O3)cc1. The molecule has 1 atom stereocenters. The molecule has 0 fully saturated rings. The molecule has 0 amide bonds. The molecule has 2 aromatic carbocycles. The number of nitrogens with one attached hydrogen (secondary N) is 1. The van der Waals surface area contributed by atoms with Crippen LogP contribution in [0.2, 0.25) is 0 Å². The predicted molar refractivity (Wildman–Crippen MR) is 97.8 cm³/mol. The highest BCUT2D eigenvalue weighted by Gasteiger charge is 2.35. The molecule has 7 nitrogen and oxygen atoms in total. The van der Waals surface area contributed by atoms with Crippen molar-refractivity contribution in [3.05, 3.63) is 70.6 Å². The standard InChI is InChI=1S/C20H16N4O3/c1-10-2-4-11(5-3-10)18-17-16(12-6-7-14(25)15(26)8-12)13(9-21)19(22)27-20(17)24-23-18/h2-8,16,25-26H,22H2,1H3,(H,23,24)/t16-/m1/s1. The number of H-pyrrole nitrogens is 1. The van der Waals surface area contributed by atoms with Gasteiger partial charge in [-0.1, -0.05) is 35.9 Å². The van der Waals surface area contributed by atoms with Gasteiger partial charge in [0.2, 0.25) is 11.8 Å². The average Bonchev–Trinajstić information content (AvgIpc) is 3.07. The minimum Gasteiger partial charge on any atom is -0.504 e. The topological polar surface area (TPSA) is 128 Å². The predicted octanol–water partition coefficient (Wildman–Crippen LogP) is 3.01. The number of phenolic OH excluding ortho intramolecular Hbond substituents is 2. The van der Waals surface area contributed by atoms with Gasteiger partial charge in [-0.2, -0.15) is 5.26 Å². The molecule has 1 aromatic heterocycles. The summed E-state index contributed by atoms with van der Waals surface area (Å²) >= 11 is 0. The summed E-state index contributed by atoms with van der Waals surface area (Å²) < 4.78 is 5.55. The normalized spacial score (nSPS) is 15.8. The van der Waals surface area contributed by atoms with E-state index in [1.807, 2.05) is 31.2 Å². The summed E-state index contributed by atoms with van der Waals surface area (Å²) in [5.74, 6) is -0.881. The lowest BCUT2D eigenvalue weighted by Gasteiger charge is -2.24. The van der Waals surface area contributed by atoms with Crippen molar-refractivity contribution in [2.24, 2.45) is 5.73 Å². The van der Waals surface area contributed by atoms with Crippen molar-refractivity contribution < 1.29 is 14.9 Å². The van der Waals surface area contributed by atoms with E-state index in [1.54, 1.807) is 6.07 Å². The molecule has 7 heteroatoms. The van der Waals surface area contributed by atoms with Gasteiger partial charge in [-0.25, -0.2) is 0 Å². The maximum Gasteiger partial charge on any atom is 0.244 e. The van der Waals surface area contributed by atoms with Crippen molar-refractivity contribution in [1.82, 2.24) is 10.2 Å². The van der Waals surface area contributed by atoms with Crippen LogP contribution in [0.25, 0.3) is 11.3 Å². The molecule has 0 unspecified atom stereocenters. The number of aromatic nitrogens is 2. The van der Waals surface area contributed by atoms with Crippen molar-refractivity contribution in [3.8, 4) is 34.7 Å². The first kappa shape index (κ1) is 16.5. The van der Waals surface area contributed by atoms with Crippen LogP contribution in [0.1, 0.15) is 22.6 Å². The van der Waals surface area contributed by atoms with Crippen LogP contribution in [-0.2, 0) is 0 Å². The van der Waals surface area contributed by atoms with Crippen LogP contribution in [0, 0.1) is 18.3 Å². The van der Waals surface area contributed by atoms with Crippen molar-refractivity contribution in [2.45, 2.75) is 12.8 Å². The molecule has 0 aliphatic carbocycles. The third kappa shape index (κ3) is 2.64. The molecule has 1 aliphatic heterocycles. The van der Waals surface area contributed by atoms with Gasteiger partial charge in [0, 0.05) is 5.56 Å². The van der Waals surface area contributed by atoms with Gasteiger partial charge in [0.15, 0.2) is 11.5 Å². The molecule has 0 bridgehead atoms. The highest BCUT2D eigenvalue weighted by Crippen LogP contribution is 2.46. The van der Waals surface area contributed by atoms with E-state index < -0.39 is 5.92 Å². The second-order valence-corrected chi connectivity index (χ2v) is 6.36. The fourth-order valence-electron chi connectivity index (χ4n) is 3.24. The molecule has 0 saturated heterocycles. The number of ether oxygens (including phenoxy) is 1. The summed E-state index contributed by atoms with van der Waals surface area (Å²) in [6.07, 6.45) is 0. The number of allylic oxidation sites excluding steroid dienone is 1. The Hall–Kier alpha value is -3.92. The fourth-order valence-corrected chi connectivity index (χ4v) is 3.24. The Morgan fingerprint density at radius 3 is 2.56 bits per heavy atom. The number of nitrogens with zero attached hydrogens (tertiary/aromatic N) is 2. The van der Waals surface area contributed by atoms with Crippen LogP contribution < -0.4 is 10.5 Å². The Bertz CT molecular complexity index is 1110. The minimum atomic E-state index is -0.597. The second-order valence-electron chi connectivity index (χ2n) is 6.36. The Kier molecular flexibility index (Phi) is 3.74. The zero-order valence-electron chi connectivity index (χ0n) is 14.4. The number of aromatic amines is 1. The molecule has 4 rings (SSSR count). The highest BCUT2D eigenvalue weighted by molar-refractivity contribution is 5.71. The van der Waals surface area contributed by atoms with E-state index in [0.717, 1.165) is 11.1 Å². The van der Waals surface area contributed by atoms with Crippen LogP contribution in [0.15, 0.2) is 53.9 Å². The van der Waals surface area contributed by atoms with Gasteiger partial charge in [0.25, 0.3) is 0 Å². The molecule has 0 spiro atoms. The number of benzene rings is 2. The average molecular weight is 360 g/mol. The zero-order chi connectivity index (χ0) is 19.1. The van der Waals surface area contributed by atoms with E-state index >= 15 is 0 Å². The number of nitriles is 1. The van der Waals surface area contributed by atoms with E-state index in [9.17, 15) is 15.5 Å². The van der Waals surface area contributed by atoms with E-state index in [1.165, 1.54) is 12.1 Å². The number of aryl methyl sites for hydroxylation is 1. The lowest BCUT2D eigenvalue weighted by Crippen LogP contribution is -2.20. The van der Waals surface area contributed by atoms with Gasteiger partial charge in [-0.05, 0) is 24.6 Å². The number of rotatable bonds is 2. The molecular formula is C20H16N4O3. The summed E-state index contributed by atoms with van der Waals surface area (Å²) in [7, 11) is 0. The molecule has 134 valence electrons. The van der Waals surface area contributed by atoms with E-state index in [0.29, 0.717) is 16.8 Å². The summed E-state index contributed by atoms with van der Waals surface area (Å²) in [4.78, 5) is 0. The smallest absolute Gasteiger partial charge is 0.244 e. The molecular weight excluding hydrogens is 344 g/mol. The molecule has 0 radical (unpaired) electrons. The minimum absolute atomic E-state index is 0.0375. The third-order valence-corrected chi connectivity index (χ3v) is 4.61. The van der Waals surface area contributed by atoms with Crippen LogP contribution in [0.4, 0.5) is 0 Å². The maximum atomic E-state index is 9.94. The second kappa shape index (κ2) is 6.11. The zero-order valence-corrected chi connectivity index (χ0v) is 14.4. The number of hydrogen-bond acceptors (Lipinski definition) is 6. The number of nitrogens with two attached hydrogens (primary N) is 1. The molecule has 1 aliphatic rings. The van der Waals surface area contributed by atoms with E-state index in [2.05, 4.69) is 16.3 Å². The van der Waals surface area contributed by atoms with Gasteiger partial charge in [0.1, 0.15) is 11.6 Å². The monoisotopic (exact) mass is 360 g/mol. The summed E-state index contributed by atoms with van der Waals surface area (Å²) in [5.41, 5.74) is 10.1. The van der Waals surface area contributed by atoms with Crippen LogP contribution in [0.3, 0.4) is 0 Å². The molecule has 27 heavy (non-hydrogen) atoms. The van der Waals surface area contributed by atoms with Gasteiger partial charge in [-0.15, -0.1) is 5.10 Å². The first-order valence-corrected chi connectivity index (χ1v) is 8.24. The Morgan fingerprint density at radius 1 is 1.15 bits per heavy atom. The third-order valence-electron chi connectivity index (χ3n) is 4.61. The van der Waals surface area contributed by atoms with E-state index in [-0.39, 0.29) is 28.8 Å². The molecule has 2 heterocycles. The number of phenols is 2. The first-order chi connectivity index (χ1) is 13.0. The largest absolute Gasteiger partial charge is 0.504 e. The number of hydrogen-bond donors (Lipinski definition) is 4. The first-order valence-electron chi connectivity index (χ1n) is 8.24. The molecule has 0 saturated carbocycles. The Balaban J connectivity index is 1.95. The Morgan fingerprint density at radius 2 is 1.89 bits per heavy atom. The lowest BCUT2D eigenvalue weighted by atomic mass is 9.83. The van der Waals surface area contributed by atoms with Crippen molar-refractivity contribution in [1.29, 1.82) is 5.26 Å². The molecule has 5 N–H and O–H groups in total. The molecule has 3 aromatic rings. The van der Waals surface area contributed by atoms with E-state index in [4.69, 9.17) is 10.5 Å². The fraction of sp³-hybridized carbons (Fsp3) is 0.100. The Labute approximate surface area is 155 Å². The number of fused-ring (bicyclic) bond motifs is 1. The maximum absolute atomic E-state index is 9.94. The van der Waals surface area contributed by atoms with Crippen LogP contribution in [-0.4, -0.2) is 20.4 Å². The van der Waals surface area contributed by atoms with Gasteiger partial charge >= 0.3 is 0 Å². The van der Waals surface area contributed by atoms with Crippen LogP contribution in [0.5, 0.6) is 17.4 Å². The van der Waals surface area contributed by atoms with Crippen LogP contribution >= 0.6 is 0 Å². The van der Waals surface area contributed by atoms with Crippen molar-refractivity contribution in [2.75, 3.05) is 0 Å². The number of aromatic hydroxyl groups is 2. The highest BCUT2D eigenvalue weighted by atomic mass is 16.5. The van der Waals surface area contributed by atoms with Gasteiger partial charge in [0.05, 0.1) is 17.2 Å². The summed E-state index contributed by atoms with van der Waals surface area (Å²) in [6.45, 7) is 1.99. The summed E-state index contributed by atoms with van der Waals surface area (Å²) in [6, 6.07) is 14.4. The van der Waals surface area contributed by atoms with Gasteiger partial charge < -0.3 is 20.7 Å². The van der Waals surface area contributed by atoms with Crippen molar-refractivity contribution >= 4 is 0 Å². The van der Waals surface area contributed by atoms with Gasteiger partial charge in [-0.3, -0.25) is 5.10 Å².